The molecule has 0 aliphatic rings. The SMILES string of the molecule is Cc1ccc(/C(C=N)=C/Nc2cnn3ccc(NCc4cc(F)ccc4F)nc23)cn1. The van der Waals surface area contributed by atoms with Crippen LogP contribution in [0, 0.1) is 24.0 Å². The quantitative estimate of drug-likeness (QED) is 0.386. The van der Waals surface area contributed by atoms with Crippen LogP contribution in [0.25, 0.3) is 11.2 Å². The van der Waals surface area contributed by atoms with Crippen molar-refractivity contribution in [2.24, 2.45) is 0 Å². The van der Waals surface area contributed by atoms with E-state index in [0.717, 1.165) is 29.5 Å². The molecule has 0 unspecified atom stereocenters. The van der Waals surface area contributed by atoms with E-state index in [4.69, 9.17) is 5.41 Å². The van der Waals surface area contributed by atoms with Crippen molar-refractivity contribution in [1.82, 2.24) is 19.6 Å². The molecule has 0 atom stereocenters. The number of nitrogens with zero attached hydrogens (tertiary/aromatic N) is 4. The van der Waals surface area contributed by atoms with Crippen LogP contribution in [-0.2, 0) is 6.54 Å². The largest absolute Gasteiger partial charge is 0.366 e. The summed E-state index contributed by atoms with van der Waals surface area (Å²) in [7, 11) is 0. The Morgan fingerprint density at radius 1 is 1.16 bits per heavy atom. The topological polar surface area (TPSA) is 91.0 Å². The van der Waals surface area contributed by atoms with E-state index in [9.17, 15) is 8.78 Å². The second-order valence-corrected chi connectivity index (χ2v) is 6.81. The number of anilines is 2. The van der Waals surface area contributed by atoms with Crippen LogP contribution in [0.4, 0.5) is 20.3 Å². The highest BCUT2D eigenvalue weighted by atomic mass is 19.1. The summed E-state index contributed by atoms with van der Waals surface area (Å²) in [5.74, 6) is -0.503. The van der Waals surface area contributed by atoms with Gasteiger partial charge in [0.15, 0.2) is 5.65 Å². The van der Waals surface area contributed by atoms with Gasteiger partial charge in [0, 0.05) is 53.7 Å². The molecule has 0 saturated carbocycles. The van der Waals surface area contributed by atoms with Crippen LogP contribution in [0.5, 0.6) is 0 Å². The second kappa shape index (κ2) is 8.70. The van der Waals surface area contributed by atoms with Crippen LogP contribution < -0.4 is 10.6 Å². The molecule has 0 radical (unpaired) electrons. The first-order chi connectivity index (χ1) is 15.0. The molecule has 3 N–H and O–H groups in total. The molecule has 0 aliphatic heterocycles. The van der Waals surface area contributed by atoms with E-state index in [0.29, 0.717) is 22.7 Å². The van der Waals surface area contributed by atoms with Crippen LogP contribution in [-0.4, -0.2) is 25.8 Å². The van der Waals surface area contributed by atoms with Crippen molar-refractivity contribution in [2.75, 3.05) is 10.6 Å². The van der Waals surface area contributed by atoms with E-state index in [-0.39, 0.29) is 12.1 Å². The minimum absolute atomic E-state index is 0.0853. The summed E-state index contributed by atoms with van der Waals surface area (Å²) in [6.07, 6.45) is 7.95. The third-order valence-corrected chi connectivity index (χ3v) is 4.62. The Labute approximate surface area is 177 Å². The summed E-state index contributed by atoms with van der Waals surface area (Å²) in [5, 5.41) is 18.1. The van der Waals surface area contributed by atoms with Gasteiger partial charge in [0.25, 0.3) is 0 Å². The van der Waals surface area contributed by atoms with Crippen molar-refractivity contribution in [1.29, 1.82) is 5.41 Å². The number of nitrogens with one attached hydrogen (secondary N) is 3. The maximum Gasteiger partial charge on any atom is 0.180 e. The van der Waals surface area contributed by atoms with E-state index in [1.54, 1.807) is 35.4 Å². The van der Waals surface area contributed by atoms with Gasteiger partial charge >= 0.3 is 0 Å². The highest BCUT2D eigenvalue weighted by Gasteiger charge is 2.08. The predicted molar refractivity (Wildman–Crippen MR) is 116 cm³/mol. The molecule has 0 saturated heterocycles. The summed E-state index contributed by atoms with van der Waals surface area (Å²) in [4.78, 5) is 8.75. The van der Waals surface area contributed by atoms with E-state index in [2.05, 4.69) is 25.7 Å². The fourth-order valence-electron chi connectivity index (χ4n) is 2.94. The predicted octanol–water partition coefficient (Wildman–Crippen LogP) is 4.43. The Morgan fingerprint density at radius 2 is 2.03 bits per heavy atom. The van der Waals surface area contributed by atoms with Crippen LogP contribution in [0.3, 0.4) is 0 Å². The fourth-order valence-corrected chi connectivity index (χ4v) is 2.94. The molecule has 3 aromatic heterocycles. The van der Waals surface area contributed by atoms with Crippen LogP contribution in [0.1, 0.15) is 16.8 Å². The Kier molecular flexibility index (Phi) is 5.65. The number of aromatic nitrogens is 4. The van der Waals surface area contributed by atoms with Gasteiger partial charge in [-0.3, -0.25) is 4.98 Å². The number of hydrogen-bond donors (Lipinski definition) is 3. The van der Waals surface area contributed by atoms with Gasteiger partial charge in [-0.25, -0.2) is 18.3 Å². The molecule has 31 heavy (non-hydrogen) atoms. The molecule has 1 aromatic carbocycles. The van der Waals surface area contributed by atoms with Crippen molar-refractivity contribution in [3.8, 4) is 0 Å². The lowest BCUT2D eigenvalue weighted by Gasteiger charge is -2.08. The number of hydrogen-bond acceptors (Lipinski definition) is 6. The van der Waals surface area contributed by atoms with Gasteiger partial charge in [0.05, 0.1) is 6.20 Å². The molecule has 9 heteroatoms. The summed E-state index contributed by atoms with van der Waals surface area (Å²) >= 11 is 0. The van der Waals surface area contributed by atoms with Crippen molar-refractivity contribution in [3.05, 3.63) is 89.6 Å². The van der Waals surface area contributed by atoms with Gasteiger partial charge in [-0.1, -0.05) is 6.07 Å². The first kappa shape index (κ1) is 20.1. The van der Waals surface area contributed by atoms with Crippen molar-refractivity contribution >= 4 is 28.9 Å². The van der Waals surface area contributed by atoms with Gasteiger partial charge in [-0.15, -0.1) is 0 Å². The smallest absolute Gasteiger partial charge is 0.180 e. The second-order valence-electron chi connectivity index (χ2n) is 6.81. The highest BCUT2D eigenvalue weighted by molar-refractivity contribution is 6.08. The Balaban J connectivity index is 1.54. The molecule has 4 rings (SSSR count). The zero-order valence-corrected chi connectivity index (χ0v) is 16.6. The third kappa shape index (κ3) is 4.55. The van der Waals surface area contributed by atoms with Gasteiger partial charge in [-0.05, 0) is 37.3 Å². The lowest BCUT2D eigenvalue weighted by atomic mass is 10.1. The monoisotopic (exact) mass is 419 g/mol. The molecule has 4 aromatic rings. The van der Waals surface area contributed by atoms with Gasteiger partial charge in [0.1, 0.15) is 23.1 Å². The van der Waals surface area contributed by atoms with Crippen LogP contribution in [0.2, 0.25) is 0 Å². The maximum absolute atomic E-state index is 13.8. The summed E-state index contributed by atoms with van der Waals surface area (Å²) in [6.45, 7) is 1.98. The highest BCUT2D eigenvalue weighted by Crippen LogP contribution is 2.19. The molecular formula is C22H19F2N7. The number of aryl methyl sites for hydroxylation is 1. The molecule has 156 valence electrons. The first-order valence-corrected chi connectivity index (χ1v) is 9.46. The van der Waals surface area contributed by atoms with Crippen LogP contribution in [0.15, 0.2) is 61.2 Å². The van der Waals surface area contributed by atoms with Gasteiger partial charge in [-0.2, -0.15) is 5.10 Å². The van der Waals surface area contributed by atoms with Crippen LogP contribution >= 0.6 is 0 Å². The number of rotatable bonds is 7. The molecular weight excluding hydrogens is 400 g/mol. The van der Waals surface area contributed by atoms with Crippen molar-refractivity contribution in [2.45, 2.75) is 13.5 Å². The maximum atomic E-state index is 13.8. The summed E-state index contributed by atoms with van der Waals surface area (Å²) < 4.78 is 28.8. The number of fused-ring (bicyclic) bond motifs is 1. The fraction of sp³-hybridized carbons (Fsp3) is 0.0909. The van der Waals surface area contributed by atoms with Crippen molar-refractivity contribution in [3.63, 3.8) is 0 Å². The third-order valence-electron chi connectivity index (χ3n) is 4.62. The van der Waals surface area contributed by atoms with E-state index < -0.39 is 11.6 Å². The average molecular weight is 419 g/mol. The zero-order chi connectivity index (χ0) is 21.8. The van der Waals surface area contributed by atoms with E-state index >= 15 is 0 Å². The summed E-state index contributed by atoms with van der Waals surface area (Å²) in [6, 6.07) is 8.79. The number of benzene rings is 1. The normalized spacial score (nSPS) is 11.5. The average Bonchev–Trinajstić information content (AvgIpc) is 3.18. The molecule has 7 nitrogen and oxygen atoms in total. The zero-order valence-electron chi connectivity index (χ0n) is 16.6. The Hall–Kier alpha value is -4.14. The number of pyridine rings is 1. The number of allylic oxidation sites excluding steroid dienone is 1. The van der Waals surface area contributed by atoms with Gasteiger partial charge in [0.2, 0.25) is 0 Å². The molecule has 0 spiro atoms. The first-order valence-electron chi connectivity index (χ1n) is 9.46. The molecule has 0 amide bonds. The Bertz CT molecular complexity index is 1260. The van der Waals surface area contributed by atoms with E-state index in [1.165, 1.54) is 6.21 Å². The minimum Gasteiger partial charge on any atom is -0.366 e. The summed E-state index contributed by atoms with van der Waals surface area (Å²) in [5.41, 5.74) is 3.71. The van der Waals surface area contributed by atoms with Gasteiger partial charge < -0.3 is 16.0 Å². The van der Waals surface area contributed by atoms with E-state index in [1.807, 2.05) is 19.1 Å². The van der Waals surface area contributed by atoms with Crippen molar-refractivity contribution < 1.29 is 8.78 Å². The Morgan fingerprint density at radius 3 is 2.81 bits per heavy atom. The standard InChI is InChI=1S/C22H19F2N7/c1-14-2-3-15(10-26-14)17(9-25)12-27-20-13-29-31-7-6-21(30-22(20)31)28-11-16-8-18(23)4-5-19(16)24/h2-10,12-13,25,27H,11H2,1H3,(H,28,30)/b17-12+,25-9?. The lowest BCUT2D eigenvalue weighted by Crippen LogP contribution is -2.05. The minimum atomic E-state index is -0.499. The molecule has 3 heterocycles. The number of halogens is 2. The lowest BCUT2D eigenvalue weighted by molar-refractivity contribution is 0.587. The molecule has 0 bridgehead atoms. The molecule has 0 aliphatic carbocycles. The molecule has 0 fully saturated rings.